The standard InChI is InChI=1S/C17H25N3/c1-12(2)9-15-5-7-16(8-6-15)13(3)18-10-17-11-19-14(4)20-17/h5-8,11-13,18H,9-10H2,1-4H3,(H,19,20). The van der Waals surface area contributed by atoms with E-state index in [0.717, 1.165) is 24.5 Å². The van der Waals surface area contributed by atoms with Crippen molar-refractivity contribution in [2.75, 3.05) is 0 Å². The Balaban J connectivity index is 1.90. The summed E-state index contributed by atoms with van der Waals surface area (Å²) in [7, 11) is 0. The van der Waals surface area contributed by atoms with Crippen molar-refractivity contribution in [1.29, 1.82) is 0 Å². The van der Waals surface area contributed by atoms with Gasteiger partial charge in [0, 0.05) is 24.5 Å². The summed E-state index contributed by atoms with van der Waals surface area (Å²) in [4.78, 5) is 7.45. The molecule has 108 valence electrons. The van der Waals surface area contributed by atoms with Crippen LogP contribution in [0, 0.1) is 12.8 Å². The number of aryl methyl sites for hydroxylation is 1. The maximum absolute atomic E-state index is 4.21. The Hall–Kier alpha value is -1.61. The van der Waals surface area contributed by atoms with E-state index in [1.165, 1.54) is 11.1 Å². The molecule has 1 unspecified atom stereocenters. The fourth-order valence-corrected chi connectivity index (χ4v) is 2.36. The highest BCUT2D eigenvalue weighted by Crippen LogP contribution is 2.16. The second kappa shape index (κ2) is 6.71. The molecule has 1 aromatic heterocycles. The summed E-state index contributed by atoms with van der Waals surface area (Å²) in [6.45, 7) is 9.49. The quantitative estimate of drug-likeness (QED) is 0.839. The van der Waals surface area contributed by atoms with Crippen molar-refractivity contribution in [2.24, 2.45) is 5.92 Å². The van der Waals surface area contributed by atoms with E-state index >= 15 is 0 Å². The molecule has 0 radical (unpaired) electrons. The Morgan fingerprint density at radius 3 is 2.40 bits per heavy atom. The molecule has 0 fully saturated rings. The van der Waals surface area contributed by atoms with Gasteiger partial charge in [-0.3, -0.25) is 0 Å². The summed E-state index contributed by atoms with van der Waals surface area (Å²) in [5.41, 5.74) is 3.87. The van der Waals surface area contributed by atoms with Crippen LogP contribution < -0.4 is 5.32 Å². The number of hydrogen-bond acceptors (Lipinski definition) is 2. The Morgan fingerprint density at radius 2 is 1.85 bits per heavy atom. The van der Waals surface area contributed by atoms with Gasteiger partial charge in [-0.25, -0.2) is 4.98 Å². The Morgan fingerprint density at radius 1 is 1.15 bits per heavy atom. The highest BCUT2D eigenvalue weighted by molar-refractivity contribution is 5.25. The van der Waals surface area contributed by atoms with Gasteiger partial charge < -0.3 is 10.3 Å². The lowest BCUT2D eigenvalue weighted by Crippen LogP contribution is -2.18. The average Bonchev–Trinajstić information content (AvgIpc) is 2.82. The highest BCUT2D eigenvalue weighted by Gasteiger charge is 2.06. The lowest BCUT2D eigenvalue weighted by Gasteiger charge is -2.14. The van der Waals surface area contributed by atoms with Gasteiger partial charge in [0.1, 0.15) is 5.82 Å². The molecule has 0 bridgehead atoms. The van der Waals surface area contributed by atoms with Crippen LogP contribution in [0.15, 0.2) is 30.5 Å². The van der Waals surface area contributed by atoms with Gasteiger partial charge in [-0.15, -0.1) is 0 Å². The van der Waals surface area contributed by atoms with Crippen molar-refractivity contribution in [3.05, 3.63) is 53.1 Å². The maximum Gasteiger partial charge on any atom is 0.103 e. The molecule has 0 aliphatic heterocycles. The molecule has 0 aliphatic rings. The number of H-pyrrole nitrogens is 1. The van der Waals surface area contributed by atoms with Crippen LogP contribution in [0.25, 0.3) is 0 Å². The normalized spacial score (nSPS) is 12.8. The molecule has 2 aromatic rings. The van der Waals surface area contributed by atoms with Crippen molar-refractivity contribution >= 4 is 0 Å². The summed E-state index contributed by atoms with van der Waals surface area (Å²) in [6, 6.07) is 9.29. The first-order valence-corrected chi connectivity index (χ1v) is 7.37. The van der Waals surface area contributed by atoms with Gasteiger partial charge in [0.25, 0.3) is 0 Å². The van der Waals surface area contributed by atoms with Crippen molar-refractivity contribution in [3.8, 4) is 0 Å². The Kier molecular flexibility index (Phi) is 4.96. The molecule has 2 N–H and O–H groups in total. The molecular weight excluding hydrogens is 246 g/mol. The maximum atomic E-state index is 4.21. The largest absolute Gasteiger partial charge is 0.345 e. The number of imidazole rings is 1. The fourth-order valence-electron chi connectivity index (χ4n) is 2.36. The van der Waals surface area contributed by atoms with E-state index in [1.54, 1.807) is 0 Å². The van der Waals surface area contributed by atoms with Crippen LogP contribution in [0.1, 0.15) is 49.5 Å². The fraction of sp³-hybridized carbons (Fsp3) is 0.471. The first kappa shape index (κ1) is 14.8. The number of aromatic amines is 1. The first-order chi connectivity index (χ1) is 9.54. The molecule has 0 saturated carbocycles. The van der Waals surface area contributed by atoms with Crippen molar-refractivity contribution < 1.29 is 0 Å². The van der Waals surface area contributed by atoms with Crippen LogP contribution in [0.2, 0.25) is 0 Å². The summed E-state index contributed by atoms with van der Waals surface area (Å²) in [5, 5.41) is 3.52. The number of aromatic nitrogens is 2. The summed E-state index contributed by atoms with van der Waals surface area (Å²) in [5.74, 6) is 1.67. The molecule has 0 amide bonds. The van der Waals surface area contributed by atoms with E-state index in [9.17, 15) is 0 Å². The number of hydrogen-bond donors (Lipinski definition) is 2. The third-order valence-corrected chi connectivity index (χ3v) is 3.48. The van der Waals surface area contributed by atoms with Gasteiger partial charge in [0.05, 0.1) is 0 Å². The van der Waals surface area contributed by atoms with Gasteiger partial charge in [-0.1, -0.05) is 38.1 Å². The molecule has 1 heterocycles. The van der Waals surface area contributed by atoms with Gasteiger partial charge in [-0.2, -0.15) is 0 Å². The highest BCUT2D eigenvalue weighted by atomic mass is 15.0. The zero-order valence-electron chi connectivity index (χ0n) is 12.9. The predicted octanol–water partition coefficient (Wildman–Crippen LogP) is 3.77. The zero-order chi connectivity index (χ0) is 14.5. The van der Waals surface area contributed by atoms with E-state index in [-0.39, 0.29) is 0 Å². The predicted molar refractivity (Wildman–Crippen MR) is 83.6 cm³/mol. The van der Waals surface area contributed by atoms with Crippen LogP contribution in [-0.2, 0) is 13.0 Å². The van der Waals surface area contributed by atoms with Gasteiger partial charge in [-0.05, 0) is 37.3 Å². The number of nitrogens with zero attached hydrogens (tertiary/aromatic N) is 1. The third kappa shape index (κ3) is 4.20. The Bertz CT molecular complexity index is 525. The zero-order valence-corrected chi connectivity index (χ0v) is 12.9. The molecule has 1 aromatic carbocycles. The minimum atomic E-state index is 0.340. The van der Waals surface area contributed by atoms with Crippen molar-refractivity contribution in [1.82, 2.24) is 15.3 Å². The van der Waals surface area contributed by atoms with Crippen molar-refractivity contribution in [2.45, 2.75) is 46.7 Å². The van der Waals surface area contributed by atoms with Crippen LogP contribution >= 0.6 is 0 Å². The Labute approximate surface area is 121 Å². The average molecular weight is 271 g/mol. The molecule has 0 spiro atoms. The summed E-state index contributed by atoms with van der Waals surface area (Å²) in [6.07, 6.45) is 3.04. The van der Waals surface area contributed by atoms with Crippen LogP contribution in [0.5, 0.6) is 0 Å². The van der Waals surface area contributed by atoms with E-state index in [1.807, 2.05) is 13.1 Å². The summed E-state index contributed by atoms with van der Waals surface area (Å²) >= 11 is 0. The number of nitrogens with one attached hydrogen (secondary N) is 2. The number of benzene rings is 1. The first-order valence-electron chi connectivity index (χ1n) is 7.37. The van der Waals surface area contributed by atoms with E-state index in [0.29, 0.717) is 12.0 Å². The van der Waals surface area contributed by atoms with E-state index in [2.05, 4.69) is 60.3 Å². The minimum Gasteiger partial charge on any atom is -0.345 e. The summed E-state index contributed by atoms with van der Waals surface area (Å²) < 4.78 is 0. The molecule has 3 nitrogen and oxygen atoms in total. The SMILES string of the molecule is Cc1ncc(CNC(C)c2ccc(CC(C)C)cc2)[nH]1. The molecule has 1 atom stereocenters. The smallest absolute Gasteiger partial charge is 0.103 e. The van der Waals surface area contributed by atoms with Gasteiger partial charge in [0.2, 0.25) is 0 Å². The second-order valence-electron chi connectivity index (χ2n) is 5.94. The molecule has 0 saturated heterocycles. The lowest BCUT2D eigenvalue weighted by atomic mass is 10.00. The second-order valence-corrected chi connectivity index (χ2v) is 5.94. The topological polar surface area (TPSA) is 40.7 Å². The molecular formula is C17H25N3. The van der Waals surface area contributed by atoms with Gasteiger partial charge >= 0.3 is 0 Å². The monoisotopic (exact) mass is 271 g/mol. The molecule has 20 heavy (non-hydrogen) atoms. The van der Waals surface area contributed by atoms with Crippen LogP contribution in [-0.4, -0.2) is 9.97 Å². The van der Waals surface area contributed by atoms with Crippen molar-refractivity contribution in [3.63, 3.8) is 0 Å². The molecule has 3 heteroatoms. The third-order valence-electron chi connectivity index (χ3n) is 3.48. The van der Waals surface area contributed by atoms with Crippen LogP contribution in [0.3, 0.4) is 0 Å². The molecule has 2 rings (SSSR count). The minimum absolute atomic E-state index is 0.340. The van der Waals surface area contributed by atoms with Gasteiger partial charge in [0.15, 0.2) is 0 Å². The molecule has 0 aliphatic carbocycles. The van der Waals surface area contributed by atoms with Crippen LogP contribution in [0.4, 0.5) is 0 Å². The number of rotatable bonds is 6. The van der Waals surface area contributed by atoms with E-state index < -0.39 is 0 Å². The lowest BCUT2D eigenvalue weighted by molar-refractivity contribution is 0.568. The van der Waals surface area contributed by atoms with E-state index in [4.69, 9.17) is 0 Å².